The summed E-state index contributed by atoms with van der Waals surface area (Å²) in [7, 11) is 0. The van der Waals surface area contributed by atoms with E-state index in [0.29, 0.717) is 10.0 Å². The van der Waals surface area contributed by atoms with Crippen molar-refractivity contribution in [2.75, 3.05) is 0 Å². The minimum Gasteiger partial charge on any atom is -0.344 e. The molecule has 1 atom stereocenters. The van der Waals surface area contributed by atoms with E-state index in [1.807, 2.05) is 31.4 Å². The van der Waals surface area contributed by atoms with Gasteiger partial charge < -0.3 is 5.32 Å². The average Bonchev–Trinajstić information content (AvgIpc) is 2.91. The van der Waals surface area contributed by atoms with E-state index in [2.05, 4.69) is 21.2 Å². The maximum atomic E-state index is 13.3. The highest BCUT2D eigenvalue weighted by molar-refractivity contribution is 9.10. The number of amides is 1. The van der Waals surface area contributed by atoms with Crippen molar-refractivity contribution < 1.29 is 9.18 Å². The van der Waals surface area contributed by atoms with Crippen LogP contribution in [0, 0.1) is 11.7 Å². The molecule has 2 rings (SSSR count). The normalized spacial score (nSPS) is 12.4. The lowest BCUT2D eigenvalue weighted by molar-refractivity contribution is 0.0925. The van der Waals surface area contributed by atoms with Crippen molar-refractivity contribution in [2.24, 2.45) is 5.92 Å². The number of carbonyl (C=O) groups excluding carboxylic acids is 1. The maximum absolute atomic E-state index is 13.3. The van der Waals surface area contributed by atoms with Crippen LogP contribution in [0.15, 0.2) is 40.2 Å². The number of carbonyl (C=O) groups is 1. The summed E-state index contributed by atoms with van der Waals surface area (Å²) in [4.78, 5) is 13.4. The van der Waals surface area contributed by atoms with E-state index in [4.69, 9.17) is 0 Å². The molecule has 0 aliphatic heterocycles. The molecule has 0 saturated carbocycles. The summed E-state index contributed by atoms with van der Waals surface area (Å²) in [5, 5.41) is 4.96. The first kappa shape index (κ1) is 15.2. The summed E-state index contributed by atoms with van der Waals surface area (Å²) in [5.74, 6) is -0.441. The quantitative estimate of drug-likeness (QED) is 0.840. The summed E-state index contributed by atoms with van der Waals surface area (Å²) in [6.45, 7) is 4.09. The van der Waals surface area contributed by atoms with Crippen LogP contribution >= 0.6 is 27.3 Å². The molecule has 1 amide bonds. The highest BCUT2D eigenvalue weighted by Crippen LogP contribution is 2.27. The monoisotopic (exact) mass is 355 g/mol. The van der Waals surface area contributed by atoms with Crippen molar-refractivity contribution in [3.8, 4) is 0 Å². The Morgan fingerprint density at radius 1 is 1.35 bits per heavy atom. The summed E-state index contributed by atoms with van der Waals surface area (Å²) >= 11 is 4.89. The molecule has 2 nitrogen and oxygen atoms in total. The zero-order chi connectivity index (χ0) is 14.7. The molecule has 20 heavy (non-hydrogen) atoms. The van der Waals surface area contributed by atoms with Gasteiger partial charge in [0.15, 0.2) is 0 Å². The van der Waals surface area contributed by atoms with Crippen molar-refractivity contribution >= 4 is 33.2 Å². The van der Waals surface area contributed by atoms with Crippen molar-refractivity contribution in [2.45, 2.75) is 19.9 Å². The fourth-order valence-corrected chi connectivity index (χ4v) is 3.30. The molecule has 2 aromatic rings. The molecule has 1 aromatic heterocycles. The fourth-order valence-electron chi connectivity index (χ4n) is 1.93. The molecule has 0 radical (unpaired) electrons. The van der Waals surface area contributed by atoms with E-state index in [0.717, 1.165) is 4.88 Å². The first-order valence-corrected chi connectivity index (χ1v) is 7.95. The smallest absolute Gasteiger partial charge is 0.253 e. The van der Waals surface area contributed by atoms with Crippen LogP contribution < -0.4 is 5.32 Å². The standard InChI is InChI=1S/C15H15BrFNOS/c1-9(2)14(13-4-3-7-20-13)18-15(19)11-8-10(17)5-6-12(11)16/h3-9,14H,1-2H3,(H,18,19). The van der Waals surface area contributed by atoms with E-state index in [-0.39, 0.29) is 17.9 Å². The Balaban J connectivity index is 2.23. The SMILES string of the molecule is CC(C)C(NC(=O)c1cc(F)ccc1Br)c1cccs1. The van der Waals surface area contributed by atoms with E-state index >= 15 is 0 Å². The molecule has 1 unspecified atom stereocenters. The van der Waals surface area contributed by atoms with Crippen LogP contribution in [0.25, 0.3) is 0 Å². The molecule has 0 spiro atoms. The van der Waals surface area contributed by atoms with Gasteiger partial charge in [0.25, 0.3) is 5.91 Å². The van der Waals surface area contributed by atoms with Gasteiger partial charge in [-0.1, -0.05) is 19.9 Å². The molecule has 0 aliphatic carbocycles. The number of nitrogens with one attached hydrogen (secondary N) is 1. The van der Waals surface area contributed by atoms with Gasteiger partial charge in [-0.2, -0.15) is 0 Å². The maximum Gasteiger partial charge on any atom is 0.253 e. The van der Waals surface area contributed by atoms with Gasteiger partial charge in [-0.15, -0.1) is 11.3 Å². The Bertz CT molecular complexity index is 598. The summed E-state index contributed by atoms with van der Waals surface area (Å²) < 4.78 is 13.9. The number of hydrogen-bond donors (Lipinski definition) is 1. The third-order valence-electron chi connectivity index (χ3n) is 2.98. The second kappa shape index (κ2) is 6.50. The van der Waals surface area contributed by atoms with Crippen LogP contribution in [-0.2, 0) is 0 Å². The lowest BCUT2D eigenvalue weighted by Gasteiger charge is -2.21. The minimum atomic E-state index is -0.421. The third-order valence-corrected chi connectivity index (χ3v) is 4.62. The molecular weight excluding hydrogens is 341 g/mol. The third kappa shape index (κ3) is 3.46. The molecule has 5 heteroatoms. The molecule has 106 valence electrons. The predicted octanol–water partition coefficient (Wildman–Crippen LogP) is 4.78. The van der Waals surface area contributed by atoms with E-state index in [1.165, 1.54) is 12.1 Å². The summed E-state index contributed by atoms with van der Waals surface area (Å²) in [5.41, 5.74) is 0.312. The van der Waals surface area contributed by atoms with Gasteiger partial charge >= 0.3 is 0 Å². The van der Waals surface area contributed by atoms with Crippen molar-refractivity contribution in [3.05, 3.63) is 56.4 Å². The molecule has 0 saturated heterocycles. The largest absolute Gasteiger partial charge is 0.344 e. The van der Waals surface area contributed by atoms with Gasteiger partial charge in [0, 0.05) is 9.35 Å². The molecule has 0 aliphatic rings. The lowest BCUT2D eigenvalue weighted by Crippen LogP contribution is -2.31. The number of rotatable bonds is 4. The van der Waals surface area contributed by atoms with E-state index in [1.54, 1.807) is 17.4 Å². The Kier molecular flexibility index (Phi) is 4.94. The molecule has 1 aromatic carbocycles. The van der Waals surface area contributed by atoms with E-state index < -0.39 is 5.82 Å². The van der Waals surface area contributed by atoms with Crippen LogP contribution in [0.3, 0.4) is 0 Å². The van der Waals surface area contributed by atoms with Crippen LogP contribution in [0.1, 0.15) is 35.1 Å². The number of hydrogen-bond acceptors (Lipinski definition) is 2. The van der Waals surface area contributed by atoms with Gasteiger partial charge in [0.1, 0.15) is 5.82 Å². The predicted molar refractivity (Wildman–Crippen MR) is 83.5 cm³/mol. The van der Waals surface area contributed by atoms with Crippen LogP contribution in [0.4, 0.5) is 4.39 Å². The second-order valence-electron chi connectivity index (χ2n) is 4.83. The fraction of sp³-hybridized carbons (Fsp3) is 0.267. The van der Waals surface area contributed by atoms with Gasteiger partial charge in [0.2, 0.25) is 0 Å². The second-order valence-corrected chi connectivity index (χ2v) is 6.67. The van der Waals surface area contributed by atoms with Gasteiger partial charge in [0.05, 0.1) is 11.6 Å². The van der Waals surface area contributed by atoms with Gasteiger partial charge in [-0.05, 0) is 51.5 Å². The highest BCUT2D eigenvalue weighted by Gasteiger charge is 2.21. The molecule has 0 fully saturated rings. The average molecular weight is 356 g/mol. The van der Waals surface area contributed by atoms with Crippen molar-refractivity contribution in [1.29, 1.82) is 0 Å². The zero-order valence-corrected chi connectivity index (χ0v) is 13.6. The van der Waals surface area contributed by atoms with Gasteiger partial charge in [-0.25, -0.2) is 4.39 Å². The zero-order valence-electron chi connectivity index (χ0n) is 11.2. The van der Waals surface area contributed by atoms with Crippen molar-refractivity contribution in [3.63, 3.8) is 0 Å². The minimum absolute atomic E-state index is 0.0716. The number of halogens is 2. The first-order valence-electron chi connectivity index (χ1n) is 6.28. The lowest BCUT2D eigenvalue weighted by atomic mass is 10.0. The van der Waals surface area contributed by atoms with Crippen LogP contribution in [-0.4, -0.2) is 5.91 Å². The number of thiophene rings is 1. The van der Waals surface area contributed by atoms with E-state index in [9.17, 15) is 9.18 Å². The summed E-state index contributed by atoms with van der Waals surface area (Å²) in [6.07, 6.45) is 0. The Labute approximate surface area is 130 Å². The Hall–Kier alpha value is -1.20. The molecular formula is C15H15BrFNOS. The summed E-state index contributed by atoms with van der Waals surface area (Å²) in [6, 6.07) is 7.98. The first-order chi connectivity index (χ1) is 9.49. The molecule has 1 heterocycles. The van der Waals surface area contributed by atoms with Gasteiger partial charge in [-0.3, -0.25) is 4.79 Å². The highest BCUT2D eigenvalue weighted by atomic mass is 79.9. The van der Waals surface area contributed by atoms with Crippen LogP contribution in [0.2, 0.25) is 0 Å². The number of benzene rings is 1. The topological polar surface area (TPSA) is 29.1 Å². The Morgan fingerprint density at radius 2 is 2.10 bits per heavy atom. The molecule has 1 N–H and O–H groups in total. The van der Waals surface area contributed by atoms with Crippen LogP contribution in [0.5, 0.6) is 0 Å². The molecule has 0 bridgehead atoms. The van der Waals surface area contributed by atoms with Crippen molar-refractivity contribution in [1.82, 2.24) is 5.32 Å². The Morgan fingerprint density at radius 3 is 2.70 bits per heavy atom.